The molecule has 0 saturated carbocycles. The van der Waals surface area contributed by atoms with Gasteiger partial charge < -0.3 is 10.2 Å². The minimum atomic E-state index is 0.222. The van der Waals surface area contributed by atoms with Crippen molar-refractivity contribution in [1.82, 2.24) is 0 Å². The van der Waals surface area contributed by atoms with Crippen LogP contribution in [0.2, 0.25) is 0 Å². The number of phenolic OH excluding ortho intramolecular Hbond substituents is 2. The van der Waals surface area contributed by atoms with Gasteiger partial charge in [-0.25, -0.2) is 0 Å². The Morgan fingerprint density at radius 3 is 0.592 bits per heavy atom. The van der Waals surface area contributed by atoms with Gasteiger partial charge in [-0.05, 0) is 179 Å². The molecule has 2 nitrogen and oxygen atoms in total. The molecule has 2 aliphatic rings. The van der Waals surface area contributed by atoms with Crippen LogP contribution in [0.25, 0.3) is 155 Å². The van der Waals surface area contributed by atoms with Gasteiger partial charge in [-0.15, -0.1) is 0 Å². The minimum Gasteiger partial charge on any atom is -0.508 e. The van der Waals surface area contributed by atoms with Crippen LogP contribution in [0.3, 0.4) is 0 Å². The van der Waals surface area contributed by atoms with E-state index in [1.165, 1.54) is 77.2 Å². The smallest absolute Gasteiger partial charge is 0.115 e. The molecule has 13 aromatic rings. The molecule has 13 aromatic carbocycles. The second-order valence-corrected chi connectivity index (χ2v) is 20.1. The van der Waals surface area contributed by atoms with Gasteiger partial charge in [0.05, 0.1) is 0 Å². The van der Waals surface area contributed by atoms with Crippen LogP contribution in [-0.2, 0) is 0 Å². The normalized spacial score (nSPS) is 11.8. The molecule has 2 aliphatic carbocycles. The van der Waals surface area contributed by atoms with E-state index in [0.29, 0.717) is 0 Å². The molecule has 0 spiro atoms. The summed E-state index contributed by atoms with van der Waals surface area (Å²) in [6.07, 6.45) is 0. The van der Waals surface area contributed by atoms with Gasteiger partial charge in [-0.3, -0.25) is 0 Å². The van der Waals surface area contributed by atoms with Gasteiger partial charge in [-0.1, -0.05) is 243 Å². The van der Waals surface area contributed by atoms with Gasteiger partial charge in [0.1, 0.15) is 11.5 Å². The Labute approximate surface area is 441 Å². The predicted octanol–water partition coefficient (Wildman–Crippen LogP) is 20.0. The second kappa shape index (κ2) is 17.3. The number of hydrogen-bond acceptors (Lipinski definition) is 2. The number of rotatable bonds is 8. The zero-order chi connectivity index (χ0) is 50.4. The highest BCUT2D eigenvalue weighted by molar-refractivity contribution is 6.28. The van der Waals surface area contributed by atoms with Crippen molar-refractivity contribution in [1.29, 1.82) is 0 Å². The molecule has 0 fully saturated rings. The van der Waals surface area contributed by atoms with Crippen molar-refractivity contribution < 1.29 is 10.2 Å². The fraction of sp³-hybridized carbons (Fsp3) is 0. The van der Waals surface area contributed by atoms with Gasteiger partial charge >= 0.3 is 0 Å². The Hall–Kier alpha value is -10.0. The van der Waals surface area contributed by atoms with E-state index in [4.69, 9.17) is 0 Å². The van der Waals surface area contributed by atoms with Crippen LogP contribution < -0.4 is 0 Å². The van der Waals surface area contributed by atoms with Crippen LogP contribution >= 0.6 is 0 Å². The van der Waals surface area contributed by atoms with E-state index in [1.807, 2.05) is 24.3 Å². The van der Waals surface area contributed by atoms with Gasteiger partial charge in [-0.2, -0.15) is 0 Å². The topological polar surface area (TPSA) is 40.5 Å². The highest BCUT2D eigenvalue weighted by Gasteiger charge is 2.36. The number of fused-ring (bicyclic) bond motifs is 6. The number of benzene rings is 13. The summed E-state index contributed by atoms with van der Waals surface area (Å²) in [7, 11) is 0. The van der Waals surface area contributed by atoms with Gasteiger partial charge in [0.2, 0.25) is 0 Å². The minimum absolute atomic E-state index is 0.222. The summed E-state index contributed by atoms with van der Waals surface area (Å²) in [5.41, 5.74) is 27.5. The summed E-state index contributed by atoms with van der Waals surface area (Å²) in [5, 5.41) is 26.7. The molecule has 0 aromatic heterocycles. The molecule has 0 saturated heterocycles. The number of hydrogen-bond donors (Lipinski definition) is 2. The van der Waals surface area contributed by atoms with E-state index < -0.39 is 0 Å². The number of phenols is 2. The lowest BCUT2D eigenvalue weighted by Gasteiger charge is -2.27. The Morgan fingerprint density at radius 2 is 0.355 bits per heavy atom. The molecule has 0 atom stereocenters. The van der Waals surface area contributed by atoms with Crippen molar-refractivity contribution in [3.8, 4) is 145 Å². The third-order valence-electron chi connectivity index (χ3n) is 15.9. The van der Waals surface area contributed by atoms with Crippen molar-refractivity contribution in [2.75, 3.05) is 0 Å². The zero-order valence-corrected chi connectivity index (χ0v) is 41.3. The number of aromatic hydroxyl groups is 2. The molecule has 0 bridgehead atoms. The summed E-state index contributed by atoms with van der Waals surface area (Å²) in [5.74, 6) is 0.444. The molecule has 0 heterocycles. The lowest BCUT2D eigenvalue weighted by Crippen LogP contribution is -2.00. The molecular formula is C74H46O2. The van der Waals surface area contributed by atoms with Crippen molar-refractivity contribution in [2.45, 2.75) is 0 Å². The average Bonchev–Trinajstić information content (AvgIpc) is 4.12. The van der Waals surface area contributed by atoms with Crippen LogP contribution in [0.5, 0.6) is 11.5 Å². The maximum atomic E-state index is 10.9. The Bertz CT molecular complexity index is 4150. The quantitative estimate of drug-likeness (QED) is 0.159. The SMILES string of the molecule is Oc1ccc(-c2c(-c3ccc(-c4c(-c5ccc(O)cc5)c(-c5ccccc5)c5c(c4-c4ccccc4)-c4cccc6cccc-5c46)cc3)c(-c3ccccc3)c3c(c2-c2ccccc2)-c2cccc4cccc-3c24)cc1. The van der Waals surface area contributed by atoms with Gasteiger partial charge in [0.15, 0.2) is 0 Å². The molecular weight excluding hydrogens is 921 g/mol. The van der Waals surface area contributed by atoms with E-state index in [-0.39, 0.29) is 11.5 Å². The first-order valence-corrected chi connectivity index (χ1v) is 26.0. The summed E-state index contributed by atoms with van der Waals surface area (Å²) in [6, 6.07) is 95.3. The zero-order valence-electron chi connectivity index (χ0n) is 41.3. The monoisotopic (exact) mass is 966 g/mol. The van der Waals surface area contributed by atoms with Crippen LogP contribution in [0.1, 0.15) is 0 Å². The lowest BCUT2D eigenvalue weighted by molar-refractivity contribution is 0.475. The van der Waals surface area contributed by atoms with E-state index in [2.05, 4.69) is 243 Å². The molecule has 0 radical (unpaired) electrons. The van der Waals surface area contributed by atoms with Crippen molar-refractivity contribution in [2.24, 2.45) is 0 Å². The maximum Gasteiger partial charge on any atom is 0.115 e. The summed E-state index contributed by atoms with van der Waals surface area (Å²) >= 11 is 0. The van der Waals surface area contributed by atoms with E-state index in [0.717, 1.165) is 77.9 Å². The third kappa shape index (κ3) is 6.61. The Balaban J connectivity index is 1.09. The van der Waals surface area contributed by atoms with Crippen LogP contribution in [-0.4, -0.2) is 10.2 Å². The molecule has 0 aliphatic heterocycles. The van der Waals surface area contributed by atoms with Crippen LogP contribution in [0.15, 0.2) is 267 Å². The second-order valence-electron chi connectivity index (χ2n) is 20.1. The molecule has 0 unspecified atom stereocenters. The highest BCUT2D eigenvalue weighted by Crippen LogP contribution is 2.63. The fourth-order valence-electron chi connectivity index (χ4n) is 12.9. The molecule has 354 valence electrons. The first kappa shape index (κ1) is 43.6. The molecule has 15 rings (SSSR count). The Kier molecular flexibility index (Phi) is 9.92. The third-order valence-corrected chi connectivity index (χ3v) is 15.9. The van der Waals surface area contributed by atoms with Crippen molar-refractivity contribution in [3.63, 3.8) is 0 Å². The van der Waals surface area contributed by atoms with E-state index in [9.17, 15) is 10.2 Å². The first-order valence-electron chi connectivity index (χ1n) is 26.0. The average molecular weight is 967 g/mol. The van der Waals surface area contributed by atoms with Gasteiger partial charge in [0.25, 0.3) is 0 Å². The molecule has 0 amide bonds. The van der Waals surface area contributed by atoms with E-state index >= 15 is 0 Å². The first-order chi connectivity index (χ1) is 37.6. The molecule has 2 heteroatoms. The summed E-state index contributed by atoms with van der Waals surface area (Å²) in [4.78, 5) is 0. The molecule has 76 heavy (non-hydrogen) atoms. The standard InChI is InChI=1S/C74H46O2/c75-55-41-37-53(38-42-55)65-63(67(47-17-5-1-6-18-47)71-57-29-13-25-45-27-15-31-59(61(45)57)73(71)69(65)49-21-9-3-10-22-49)51-33-35-52(36-34-51)64-66(54-39-43-56(76)44-40-54)70(50-23-11-4-12-24-50)74-60-32-16-28-46-26-14-30-58(62(46)60)72(74)68(64)48-19-7-2-8-20-48/h1-44,75-76H. The summed E-state index contributed by atoms with van der Waals surface area (Å²) in [6.45, 7) is 0. The predicted molar refractivity (Wildman–Crippen MR) is 317 cm³/mol. The fourth-order valence-corrected chi connectivity index (χ4v) is 12.9. The molecule has 2 N–H and O–H groups in total. The van der Waals surface area contributed by atoms with Gasteiger partial charge in [0, 0.05) is 0 Å². The van der Waals surface area contributed by atoms with E-state index in [1.54, 1.807) is 0 Å². The lowest BCUT2D eigenvalue weighted by atomic mass is 9.75. The van der Waals surface area contributed by atoms with Crippen LogP contribution in [0, 0.1) is 0 Å². The van der Waals surface area contributed by atoms with Crippen molar-refractivity contribution in [3.05, 3.63) is 267 Å². The maximum absolute atomic E-state index is 10.9. The van der Waals surface area contributed by atoms with Crippen molar-refractivity contribution >= 4 is 21.5 Å². The Morgan fingerprint density at radius 1 is 0.158 bits per heavy atom. The summed E-state index contributed by atoms with van der Waals surface area (Å²) < 4.78 is 0. The van der Waals surface area contributed by atoms with Crippen LogP contribution in [0.4, 0.5) is 0 Å². The highest BCUT2D eigenvalue weighted by atomic mass is 16.3. The largest absolute Gasteiger partial charge is 0.508 e.